The van der Waals surface area contributed by atoms with Gasteiger partial charge in [0.2, 0.25) is 0 Å². The van der Waals surface area contributed by atoms with Gasteiger partial charge in [-0.25, -0.2) is 4.98 Å². The van der Waals surface area contributed by atoms with Crippen molar-refractivity contribution < 1.29 is 9.53 Å². The van der Waals surface area contributed by atoms with E-state index in [2.05, 4.69) is 16.0 Å². The molecule has 0 unspecified atom stereocenters. The Morgan fingerprint density at radius 2 is 1.82 bits per heavy atom. The summed E-state index contributed by atoms with van der Waals surface area (Å²) >= 11 is 6.56. The van der Waals surface area contributed by atoms with Crippen LogP contribution in [0.15, 0.2) is 36.4 Å². The van der Waals surface area contributed by atoms with Crippen molar-refractivity contribution >= 4 is 17.5 Å². The average Bonchev–Trinajstić information content (AvgIpc) is 3.20. The molecule has 0 radical (unpaired) electrons. The molecule has 2 saturated heterocycles. The Balaban J connectivity index is 1.36. The third-order valence-electron chi connectivity index (χ3n) is 7.04. The number of halogens is 1. The highest BCUT2D eigenvalue weighted by molar-refractivity contribution is 6.32. The number of aryl methyl sites for hydroxylation is 2. The average molecular weight is 475 g/mol. The molecule has 0 bridgehead atoms. The molecule has 0 atom stereocenters. The fourth-order valence-corrected chi connectivity index (χ4v) is 5.16. The number of H-pyrrole nitrogens is 1. The SMILES string of the molecule is Cc1cc(C)c(-c2[nH]c(C3CCOCC3)nc2Cl)cc1C(=O)N1CC(c2ccc(C#N)cc2)C1. The van der Waals surface area contributed by atoms with Crippen molar-refractivity contribution in [3.63, 3.8) is 0 Å². The number of carbonyl (C=O) groups is 1. The molecule has 5 rings (SSSR count). The summed E-state index contributed by atoms with van der Waals surface area (Å²) in [5.41, 5.74) is 6.19. The van der Waals surface area contributed by atoms with Crippen molar-refractivity contribution in [1.82, 2.24) is 14.9 Å². The molecule has 34 heavy (non-hydrogen) atoms. The lowest BCUT2D eigenvalue weighted by Crippen LogP contribution is -2.48. The molecule has 1 N–H and O–H groups in total. The van der Waals surface area contributed by atoms with Gasteiger partial charge in [0.05, 0.1) is 17.3 Å². The van der Waals surface area contributed by atoms with Crippen molar-refractivity contribution in [2.24, 2.45) is 0 Å². The first kappa shape index (κ1) is 22.6. The summed E-state index contributed by atoms with van der Waals surface area (Å²) in [7, 11) is 0. The fourth-order valence-electron chi connectivity index (χ4n) is 4.92. The molecular weight excluding hydrogens is 448 g/mol. The van der Waals surface area contributed by atoms with Gasteiger partial charge in [0.1, 0.15) is 5.82 Å². The minimum atomic E-state index is 0.0314. The number of rotatable bonds is 4. The van der Waals surface area contributed by atoms with Crippen LogP contribution in [0.2, 0.25) is 5.15 Å². The number of hydrogen-bond acceptors (Lipinski definition) is 4. The molecule has 1 aromatic heterocycles. The number of nitrogens with zero attached hydrogens (tertiary/aromatic N) is 3. The highest BCUT2D eigenvalue weighted by Crippen LogP contribution is 2.35. The minimum absolute atomic E-state index is 0.0314. The molecule has 0 spiro atoms. The van der Waals surface area contributed by atoms with E-state index < -0.39 is 0 Å². The Labute approximate surface area is 204 Å². The lowest BCUT2D eigenvalue weighted by molar-refractivity contribution is 0.0601. The van der Waals surface area contributed by atoms with Crippen molar-refractivity contribution in [3.8, 4) is 17.3 Å². The van der Waals surface area contributed by atoms with Gasteiger partial charge >= 0.3 is 0 Å². The maximum atomic E-state index is 13.4. The number of carbonyl (C=O) groups excluding carboxylic acids is 1. The van der Waals surface area contributed by atoms with Gasteiger partial charge in [0, 0.05) is 49.3 Å². The summed E-state index contributed by atoms with van der Waals surface area (Å²) in [4.78, 5) is 23.3. The summed E-state index contributed by atoms with van der Waals surface area (Å²) in [6.07, 6.45) is 1.85. The number of benzene rings is 2. The monoisotopic (exact) mass is 474 g/mol. The molecule has 0 aliphatic carbocycles. The molecular formula is C27H27ClN4O2. The molecule has 1 amide bonds. The van der Waals surface area contributed by atoms with E-state index in [0.29, 0.717) is 41.2 Å². The van der Waals surface area contributed by atoms with Crippen LogP contribution in [0.4, 0.5) is 0 Å². The largest absolute Gasteiger partial charge is 0.381 e. The highest BCUT2D eigenvalue weighted by atomic mass is 35.5. The number of aromatic amines is 1. The Kier molecular flexibility index (Phi) is 6.16. The summed E-state index contributed by atoms with van der Waals surface area (Å²) in [5.74, 6) is 1.53. The fraction of sp³-hybridized carbons (Fsp3) is 0.370. The van der Waals surface area contributed by atoms with E-state index >= 15 is 0 Å². The maximum Gasteiger partial charge on any atom is 0.254 e. The quantitative estimate of drug-likeness (QED) is 0.552. The molecule has 174 valence electrons. The topological polar surface area (TPSA) is 82.0 Å². The van der Waals surface area contributed by atoms with Crippen LogP contribution in [0.5, 0.6) is 0 Å². The highest BCUT2D eigenvalue weighted by Gasteiger charge is 2.33. The molecule has 2 fully saturated rings. The van der Waals surface area contributed by atoms with Crippen LogP contribution in [0.1, 0.15) is 63.1 Å². The number of ether oxygens (including phenoxy) is 1. The molecule has 2 aromatic carbocycles. The normalized spacial score (nSPS) is 16.8. The van der Waals surface area contributed by atoms with Gasteiger partial charge in [-0.1, -0.05) is 29.8 Å². The lowest BCUT2D eigenvalue weighted by Gasteiger charge is -2.40. The second kappa shape index (κ2) is 9.25. The van der Waals surface area contributed by atoms with Gasteiger partial charge in [-0.2, -0.15) is 5.26 Å². The van der Waals surface area contributed by atoms with Gasteiger partial charge in [-0.3, -0.25) is 4.79 Å². The lowest BCUT2D eigenvalue weighted by atomic mass is 9.89. The third-order valence-corrected chi connectivity index (χ3v) is 7.31. The number of nitriles is 1. The van der Waals surface area contributed by atoms with Crippen molar-refractivity contribution in [3.05, 3.63) is 75.2 Å². The molecule has 2 aliphatic heterocycles. The summed E-state index contributed by atoms with van der Waals surface area (Å²) in [6.45, 7) is 6.83. The Morgan fingerprint density at radius 1 is 1.12 bits per heavy atom. The van der Waals surface area contributed by atoms with Crippen molar-refractivity contribution in [1.29, 1.82) is 5.26 Å². The van der Waals surface area contributed by atoms with Gasteiger partial charge in [-0.05, 0) is 61.6 Å². The minimum Gasteiger partial charge on any atom is -0.381 e. The second-order valence-electron chi connectivity index (χ2n) is 9.30. The van der Waals surface area contributed by atoms with Crippen molar-refractivity contribution in [2.75, 3.05) is 26.3 Å². The Hall–Kier alpha value is -3.14. The maximum absolute atomic E-state index is 13.4. The molecule has 3 heterocycles. The van der Waals surface area contributed by atoms with Gasteiger partial charge in [-0.15, -0.1) is 0 Å². The van der Waals surface area contributed by atoms with Crippen LogP contribution < -0.4 is 0 Å². The van der Waals surface area contributed by atoms with Crippen LogP contribution in [0.25, 0.3) is 11.3 Å². The van der Waals surface area contributed by atoms with Gasteiger partial charge in [0.25, 0.3) is 5.91 Å². The van der Waals surface area contributed by atoms with Crippen LogP contribution in [-0.2, 0) is 4.74 Å². The number of hydrogen-bond donors (Lipinski definition) is 1. The molecule has 3 aromatic rings. The summed E-state index contributed by atoms with van der Waals surface area (Å²) in [5, 5.41) is 9.43. The Bertz CT molecular complexity index is 1260. The molecule has 6 nitrogen and oxygen atoms in total. The van der Waals surface area contributed by atoms with E-state index in [9.17, 15) is 4.79 Å². The standard InChI is InChI=1S/C27H27ClN4O2/c1-16-11-17(2)23(27(33)32-14-21(15-32)19-5-3-18(13-29)4-6-19)12-22(16)24-25(28)31-26(30-24)20-7-9-34-10-8-20/h3-6,11-12,20-21H,7-10,14-15H2,1-2H3,(H,30,31). The van der Waals surface area contributed by atoms with Gasteiger partial charge in [0.15, 0.2) is 5.15 Å². The van der Waals surface area contributed by atoms with E-state index in [1.165, 1.54) is 0 Å². The van der Waals surface area contributed by atoms with E-state index in [1.54, 1.807) is 0 Å². The van der Waals surface area contributed by atoms with Crippen LogP contribution in [0.3, 0.4) is 0 Å². The zero-order valence-electron chi connectivity index (χ0n) is 19.4. The number of amides is 1. The predicted molar refractivity (Wildman–Crippen MR) is 131 cm³/mol. The van der Waals surface area contributed by atoms with Crippen LogP contribution >= 0.6 is 11.6 Å². The van der Waals surface area contributed by atoms with Crippen LogP contribution in [0, 0.1) is 25.2 Å². The van der Waals surface area contributed by atoms with Crippen LogP contribution in [-0.4, -0.2) is 47.1 Å². The summed E-state index contributed by atoms with van der Waals surface area (Å²) < 4.78 is 5.47. The molecule has 7 heteroatoms. The first-order valence-electron chi connectivity index (χ1n) is 11.7. The number of likely N-dealkylation sites (tertiary alicyclic amines) is 1. The first-order chi connectivity index (χ1) is 16.4. The number of nitrogens with one attached hydrogen (secondary N) is 1. The molecule has 2 aliphatic rings. The second-order valence-corrected chi connectivity index (χ2v) is 9.66. The third kappa shape index (κ3) is 4.22. The predicted octanol–water partition coefficient (Wildman–Crippen LogP) is 5.35. The summed E-state index contributed by atoms with van der Waals surface area (Å²) in [6, 6.07) is 13.8. The van der Waals surface area contributed by atoms with E-state index in [1.807, 2.05) is 55.1 Å². The van der Waals surface area contributed by atoms with E-state index in [0.717, 1.165) is 59.8 Å². The smallest absolute Gasteiger partial charge is 0.254 e. The zero-order valence-corrected chi connectivity index (χ0v) is 20.2. The molecule has 0 saturated carbocycles. The Morgan fingerprint density at radius 3 is 2.50 bits per heavy atom. The number of imidazole rings is 1. The van der Waals surface area contributed by atoms with Crippen molar-refractivity contribution in [2.45, 2.75) is 38.5 Å². The zero-order chi connectivity index (χ0) is 23.8. The van der Waals surface area contributed by atoms with E-state index in [-0.39, 0.29) is 5.91 Å². The number of aromatic nitrogens is 2. The first-order valence-corrected chi connectivity index (χ1v) is 12.1. The van der Waals surface area contributed by atoms with E-state index in [4.69, 9.17) is 21.6 Å². The van der Waals surface area contributed by atoms with Gasteiger partial charge < -0.3 is 14.6 Å².